The lowest BCUT2D eigenvalue weighted by Gasteiger charge is -2.22. The Morgan fingerprint density at radius 2 is 2.00 bits per heavy atom. The molecule has 0 bridgehead atoms. The molecule has 0 unspecified atom stereocenters. The molecule has 0 saturated heterocycles. The van der Waals surface area contributed by atoms with Gasteiger partial charge in [-0.15, -0.1) is 10.2 Å². The van der Waals surface area contributed by atoms with Crippen molar-refractivity contribution in [3.05, 3.63) is 24.5 Å². The highest BCUT2D eigenvalue weighted by Gasteiger charge is 2.18. The van der Waals surface area contributed by atoms with Gasteiger partial charge in [-0.25, -0.2) is 0 Å². The van der Waals surface area contributed by atoms with Crippen LogP contribution in [-0.2, 0) is 11.3 Å². The lowest BCUT2D eigenvalue weighted by Crippen LogP contribution is -2.37. The van der Waals surface area contributed by atoms with Gasteiger partial charge in [0.2, 0.25) is 5.91 Å². The van der Waals surface area contributed by atoms with Crippen LogP contribution in [0, 0.1) is 0 Å². The maximum Gasteiger partial charge on any atom is 0.230 e. The minimum atomic E-state index is 0.0948. The molecule has 3 rings (SSSR count). The zero-order chi connectivity index (χ0) is 18.2. The molecular weight excluding hydrogens is 346 g/mol. The van der Waals surface area contributed by atoms with Crippen LogP contribution in [0.5, 0.6) is 0 Å². The highest BCUT2D eigenvalue weighted by Crippen LogP contribution is 2.24. The minimum Gasteiger partial charge on any atom is -0.353 e. The first-order chi connectivity index (χ1) is 12.8. The number of pyridine rings is 1. The van der Waals surface area contributed by atoms with Crippen molar-refractivity contribution in [2.24, 2.45) is 0 Å². The van der Waals surface area contributed by atoms with E-state index < -0.39 is 0 Å². The predicted molar refractivity (Wildman–Crippen MR) is 104 cm³/mol. The molecule has 6 nitrogen and oxygen atoms in total. The van der Waals surface area contributed by atoms with Gasteiger partial charge in [0.1, 0.15) is 0 Å². The second-order valence-electron chi connectivity index (χ2n) is 6.74. The van der Waals surface area contributed by atoms with Crippen molar-refractivity contribution in [2.75, 3.05) is 5.75 Å². The summed E-state index contributed by atoms with van der Waals surface area (Å²) >= 11 is 1.47. The summed E-state index contributed by atoms with van der Waals surface area (Å²) in [5, 5.41) is 12.7. The first-order valence-electron chi connectivity index (χ1n) is 9.53. The van der Waals surface area contributed by atoms with Crippen LogP contribution < -0.4 is 5.32 Å². The van der Waals surface area contributed by atoms with E-state index in [-0.39, 0.29) is 5.91 Å². The van der Waals surface area contributed by atoms with Crippen molar-refractivity contribution >= 4 is 17.7 Å². The summed E-state index contributed by atoms with van der Waals surface area (Å²) in [5.74, 6) is 1.32. The standard InChI is InChI=1S/C19H27N5OS/c1-2-3-13-24-18(15-9-11-20-12-10-15)22-23-19(24)26-14-17(25)21-16-7-5-4-6-8-16/h9-12,16H,2-8,13-14H2,1H3,(H,21,25). The number of nitrogens with one attached hydrogen (secondary N) is 1. The molecule has 0 aromatic carbocycles. The summed E-state index contributed by atoms with van der Waals surface area (Å²) in [6.07, 6.45) is 11.6. The zero-order valence-electron chi connectivity index (χ0n) is 15.4. The number of hydrogen-bond donors (Lipinski definition) is 1. The molecule has 140 valence electrons. The molecule has 1 saturated carbocycles. The van der Waals surface area contributed by atoms with Gasteiger partial charge < -0.3 is 9.88 Å². The lowest BCUT2D eigenvalue weighted by molar-refractivity contribution is -0.119. The number of hydrogen-bond acceptors (Lipinski definition) is 5. The van der Waals surface area contributed by atoms with Gasteiger partial charge in [-0.3, -0.25) is 9.78 Å². The monoisotopic (exact) mass is 373 g/mol. The van der Waals surface area contributed by atoms with E-state index in [4.69, 9.17) is 0 Å². The summed E-state index contributed by atoms with van der Waals surface area (Å²) < 4.78 is 2.12. The van der Waals surface area contributed by atoms with Crippen LogP contribution >= 0.6 is 11.8 Å². The van der Waals surface area contributed by atoms with E-state index in [2.05, 4.69) is 32.0 Å². The number of aromatic nitrogens is 4. The second-order valence-corrected chi connectivity index (χ2v) is 7.68. The Balaban J connectivity index is 1.64. The number of nitrogens with zero attached hydrogens (tertiary/aromatic N) is 4. The summed E-state index contributed by atoms with van der Waals surface area (Å²) in [7, 11) is 0. The Labute approximate surface area is 159 Å². The number of carbonyl (C=O) groups excluding carboxylic acids is 1. The molecule has 0 radical (unpaired) electrons. The predicted octanol–water partition coefficient (Wildman–Crippen LogP) is 3.68. The molecule has 2 aromatic heterocycles. The molecule has 0 spiro atoms. The molecule has 1 amide bonds. The summed E-state index contributed by atoms with van der Waals surface area (Å²) in [4.78, 5) is 16.4. The SMILES string of the molecule is CCCCn1c(SCC(=O)NC2CCCCC2)nnc1-c1ccncc1. The number of amides is 1. The molecule has 26 heavy (non-hydrogen) atoms. The maximum atomic E-state index is 12.3. The van der Waals surface area contributed by atoms with Gasteiger partial charge in [-0.1, -0.05) is 44.4 Å². The van der Waals surface area contributed by atoms with Gasteiger partial charge in [0.25, 0.3) is 0 Å². The van der Waals surface area contributed by atoms with E-state index in [0.717, 1.165) is 48.8 Å². The van der Waals surface area contributed by atoms with Gasteiger partial charge in [-0.2, -0.15) is 0 Å². The van der Waals surface area contributed by atoms with E-state index >= 15 is 0 Å². The van der Waals surface area contributed by atoms with Crippen molar-refractivity contribution in [2.45, 2.75) is 69.6 Å². The molecule has 2 heterocycles. The maximum absolute atomic E-state index is 12.3. The molecule has 1 aliphatic rings. The first-order valence-corrected chi connectivity index (χ1v) is 10.5. The third-order valence-corrected chi connectivity index (χ3v) is 5.66. The van der Waals surface area contributed by atoms with Crippen molar-refractivity contribution in [1.29, 1.82) is 0 Å². The third-order valence-electron chi connectivity index (χ3n) is 4.69. The summed E-state index contributed by atoms with van der Waals surface area (Å²) in [6, 6.07) is 4.23. The lowest BCUT2D eigenvalue weighted by atomic mass is 9.95. The normalized spacial score (nSPS) is 15.1. The molecule has 7 heteroatoms. The van der Waals surface area contributed by atoms with Crippen molar-refractivity contribution < 1.29 is 4.79 Å². The molecular formula is C19H27N5OS. The third kappa shape index (κ3) is 5.06. The fraction of sp³-hybridized carbons (Fsp3) is 0.579. The van der Waals surface area contributed by atoms with Crippen LogP contribution in [0.25, 0.3) is 11.4 Å². The highest BCUT2D eigenvalue weighted by molar-refractivity contribution is 7.99. The number of rotatable bonds is 8. The summed E-state index contributed by atoms with van der Waals surface area (Å²) in [5.41, 5.74) is 1.00. The zero-order valence-corrected chi connectivity index (χ0v) is 16.2. The summed E-state index contributed by atoms with van der Waals surface area (Å²) in [6.45, 7) is 3.02. The van der Waals surface area contributed by atoms with Crippen LogP contribution in [0.1, 0.15) is 51.9 Å². The minimum absolute atomic E-state index is 0.0948. The van der Waals surface area contributed by atoms with Crippen LogP contribution in [0.15, 0.2) is 29.7 Å². The Bertz CT molecular complexity index is 697. The van der Waals surface area contributed by atoms with Gasteiger partial charge in [-0.05, 0) is 31.4 Å². The quantitative estimate of drug-likeness (QED) is 0.715. The number of carbonyl (C=O) groups is 1. The number of unbranched alkanes of at least 4 members (excludes halogenated alkanes) is 1. The Morgan fingerprint density at radius 3 is 2.73 bits per heavy atom. The van der Waals surface area contributed by atoms with E-state index in [9.17, 15) is 4.79 Å². The van der Waals surface area contributed by atoms with Crippen LogP contribution in [0.2, 0.25) is 0 Å². The second kappa shape index (κ2) is 9.71. The van der Waals surface area contributed by atoms with E-state index in [0.29, 0.717) is 11.8 Å². The van der Waals surface area contributed by atoms with Gasteiger partial charge in [0.15, 0.2) is 11.0 Å². The fourth-order valence-corrected chi connectivity index (χ4v) is 4.05. The topological polar surface area (TPSA) is 72.7 Å². The number of thioether (sulfide) groups is 1. The Hall–Kier alpha value is -1.89. The molecule has 0 atom stereocenters. The van der Waals surface area contributed by atoms with Gasteiger partial charge in [0, 0.05) is 30.5 Å². The van der Waals surface area contributed by atoms with Crippen molar-refractivity contribution in [3.63, 3.8) is 0 Å². The van der Waals surface area contributed by atoms with Crippen LogP contribution in [0.4, 0.5) is 0 Å². The van der Waals surface area contributed by atoms with Crippen molar-refractivity contribution in [3.8, 4) is 11.4 Å². The largest absolute Gasteiger partial charge is 0.353 e. The van der Waals surface area contributed by atoms with E-state index in [1.807, 2.05) is 12.1 Å². The van der Waals surface area contributed by atoms with Crippen LogP contribution in [-0.4, -0.2) is 37.5 Å². The first kappa shape index (κ1) is 18.9. The van der Waals surface area contributed by atoms with Crippen LogP contribution in [0.3, 0.4) is 0 Å². The molecule has 1 aliphatic carbocycles. The average molecular weight is 374 g/mol. The molecule has 0 aliphatic heterocycles. The van der Waals surface area contributed by atoms with Gasteiger partial charge >= 0.3 is 0 Å². The van der Waals surface area contributed by atoms with E-state index in [1.165, 1.54) is 31.0 Å². The molecule has 2 aromatic rings. The Morgan fingerprint density at radius 1 is 1.23 bits per heavy atom. The van der Waals surface area contributed by atoms with E-state index in [1.54, 1.807) is 12.4 Å². The van der Waals surface area contributed by atoms with Crippen molar-refractivity contribution in [1.82, 2.24) is 25.1 Å². The smallest absolute Gasteiger partial charge is 0.230 e. The molecule has 1 fully saturated rings. The van der Waals surface area contributed by atoms with Gasteiger partial charge in [0.05, 0.1) is 5.75 Å². The highest BCUT2D eigenvalue weighted by atomic mass is 32.2. The fourth-order valence-electron chi connectivity index (χ4n) is 3.27. The Kier molecular flexibility index (Phi) is 7.05. The average Bonchev–Trinajstić information content (AvgIpc) is 3.09. The molecule has 1 N–H and O–H groups in total.